The van der Waals surface area contributed by atoms with E-state index in [4.69, 9.17) is 11.9 Å². The average Bonchev–Trinajstić information content (AvgIpc) is 2.71. The largest absolute Gasteiger partial charge is 0.267 e. The molecule has 3 heteroatoms. The molecule has 0 aliphatic heterocycles. The number of rotatable bonds is 4. The summed E-state index contributed by atoms with van der Waals surface area (Å²) in [6.07, 6.45) is 0. The van der Waals surface area contributed by atoms with Gasteiger partial charge in [0, 0.05) is 38.3 Å². The summed E-state index contributed by atoms with van der Waals surface area (Å²) in [5, 5.41) is 0. The van der Waals surface area contributed by atoms with E-state index in [1.807, 2.05) is 24.3 Å². The topological polar surface area (TPSA) is 12.9 Å². The van der Waals surface area contributed by atoms with Gasteiger partial charge in [0.05, 0.1) is 0 Å². The Labute approximate surface area is 194 Å². The van der Waals surface area contributed by atoms with Crippen LogP contribution in [0.1, 0.15) is 22.4 Å². The Morgan fingerprint density at radius 3 is 2.17 bits per heavy atom. The van der Waals surface area contributed by atoms with E-state index in [1.165, 1.54) is 33.3 Å². The second kappa shape index (κ2) is 9.56. The minimum Gasteiger partial charge on any atom is -0.267 e. The van der Waals surface area contributed by atoms with Gasteiger partial charge in [-0.05, 0) is 38.5 Å². The van der Waals surface area contributed by atoms with Crippen molar-refractivity contribution in [2.24, 2.45) is 0 Å². The molecule has 0 aliphatic carbocycles. The van der Waals surface area contributed by atoms with Crippen LogP contribution < -0.4 is 16.5 Å². The van der Waals surface area contributed by atoms with Gasteiger partial charge in [0.15, 0.2) is 0 Å². The summed E-state index contributed by atoms with van der Waals surface area (Å²) < 4.78 is 0. The van der Waals surface area contributed by atoms with Crippen LogP contribution in [0.15, 0.2) is 78.9 Å². The first-order chi connectivity index (χ1) is 14.0. The van der Waals surface area contributed by atoms with Crippen molar-refractivity contribution in [1.82, 2.24) is 4.98 Å². The summed E-state index contributed by atoms with van der Waals surface area (Å²) in [4.78, 5) is 4.69. The van der Waals surface area contributed by atoms with Gasteiger partial charge in [0.25, 0.3) is 0 Å². The van der Waals surface area contributed by atoms with Gasteiger partial charge >= 0.3 is 0 Å². The monoisotopic (exact) mass is 565 g/mol. The Morgan fingerprint density at radius 1 is 0.800 bits per heavy atom. The molecule has 1 nitrogen and oxygen atoms in total. The van der Waals surface area contributed by atoms with E-state index >= 15 is 0 Å². The van der Waals surface area contributed by atoms with E-state index in [2.05, 4.69) is 81.4 Å². The summed E-state index contributed by atoms with van der Waals surface area (Å²) in [7, 11) is 0. The van der Waals surface area contributed by atoms with Gasteiger partial charge in [0.1, 0.15) is 0 Å². The molecule has 149 valence electrons. The molecule has 0 amide bonds. The second-order valence-corrected chi connectivity index (χ2v) is 7.63. The van der Waals surface area contributed by atoms with Crippen molar-refractivity contribution >= 4 is 23.2 Å². The SMILES string of the molecule is [CH]c1cccc(B(c2[c-]ccc(-c3ccccc3)c2)c2c(C)cc(C)cc2C)n1.[Ir]. The standard InChI is InChI=1S/C27H23BN.Ir/c1-19-16-20(2)27(21(3)17-19)28(26-15-8-10-22(4)29-26)25-14-9-13-24(18-25)23-11-6-5-7-12-23;/h4-13,15-18H,1-3H3;/q-1;. The first-order valence-electron chi connectivity index (χ1n) is 9.90. The number of pyridine rings is 1. The molecule has 3 radical (unpaired) electrons. The average molecular weight is 565 g/mol. The molecule has 1 aromatic heterocycles. The van der Waals surface area contributed by atoms with Gasteiger partial charge in [-0.25, -0.2) is 0 Å². The number of hydrogen-bond donors (Lipinski definition) is 0. The zero-order chi connectivity index (χ0) is 20.4. The number of nitrogens with zero attached hydrogens (tertiary/aromatic N) is 1. The third-order valence-corrected chi connectivity index (χ3v) is 5.36. The van der Waals surface area contributed by atoms with Crippen LogP contribution in [0.25, 0.3) is 11.1 Å². The molecule has 1 heterocycles. The molecule has 0 bridgehead atoms. The Balaban J connectivity index is 0.00000256. The first kappa shape index (κ1) is 22.2. The van der Waals surface area contributed by atoms with E-state index in [-0.39, 0.29) is 26.8 Å². The fraction of sp³-hybridized carbons (Fsp3) is 0.111. The molecule has 3 aromatic carbocycles. The predicted molar refractivity (Wildman–Crippen MR) is 124 cm³/mol. The molecular formula is C27H23BIrN-. The predicted octanol–water partition coefficient (Wildman–Crippen LogP) is 4.05. The molecule has 0 aliphatic rings. The van der Waals surface area contributed by atoms with Gasteiger partial charge in [-0.1, -0.05) is 70.7 Å². The maximum Gasteiger partial charge on any atom is 0.241 e. The van der Waals surface area contributed by atoms with Crippen molar-refractivity contribution in [2.45, 2.75) is 20.8 Å². The molecular weight excluding hydrogens is 541 g/mol. The number of aromatic nitrogens is 1. The summed E-state index contributed by atoms with van der Waals surface area (Å²) in [6, 6.07) is 30.6. The molecule has 4 rings (SSSR count). The first-order valence-corrected chi connectivity index (χ1v) is 9.90. The van der Waals surface area contributed by atoms with Crippen LogP contribution in [0.3, 0.4) is 0 Å². The molecule has 0 fully saturated rings. The van der Waals surface area contributed by atoms with Gasteiger partial charge in [-0.15, -0.1) is 5.56 Å². The third-order valence-electron chi connectivity index (χ3n) is 5.36. The van der Waals surface area contributed by atoms with Crippen molar-refractivity contribution in [2.75, 3.05) is 0 Å². The van der Waals surface area contributed by atoms with Crippen molar-refractivity contribution in [3.05, 3.63) is 114 Å². The van der Waals surface area contributed by atoms with Crippen LogP contribution >= 0.6 is 0 Å². The van der Waals surface area contributed by atoms with E-state index < -0.39 is 0 Å². The maximum atomic E-state index is 6.05. The summed E-state index contributed by atoms with van der Waals surface area (Å²) in [5.74, 6) is 0. The fourth-order valence-electron chi connectivity index (χ4n) is 4.20. The van der Waals surface area contributed by atoms with Crippen LogP contribution in [-0.4, -0.2) is 11.7 Å². The summed E-state index contributed by atoms with van der Waals surface area (Å²) >= 11 is 0. The Bertz CT molecular complexity index is 1130. The van der Waals surface area contributed by atoms with Crippen LogP contribution in [0.2, 0.25) is 0 Å². The van der Waals surface area contributed by atoms with Crippen molar-refractivity contribution in [3.8, 4) is 11.1 Å². The molecule has 0 spiro atoms. The molecule has 0 unspecified atom stereocenters. The number of benzene rings is 3. The quantitative estimate of drug-likeness (QED) is 0.270. The van der Waals surface area contributed by atoms with Crippen molar-refractivity contribution in [3.63, 3.8) is 0 Å². The van der Waals surface area contributed by atoms with E-state index in [9.17, 15) is 0 Å². The van der Waals surface area contributed by atoms with Crippen LogP contribution in [0.5, 0.6) is 0 Å². The summed E-state index contributed by atoms with van der Waals surface area (Å²) in [6.45, 7) is 12.5. The van der Waals surface area contributed by atoms with Crippen LogP contribution in [0.4, 0.5) is 0 Å². The molecule has 0 saturated carbocycles. The zero-order valence-electron chi connectivity index (χ0n) is 17.4. The van der Waals surface area contributed by atoms with Gasteiger partial charge in [0.2, 0.25) is 6.71 Å². The van der Waals surface area contributed by atoms with E-state index in [1.54, 1.807) is 0 Å². The molecule has 0 saturated heterocycles. The summed E-state index contributed by atoms with van der Waals surface area (Å²) in [5.41, 5.74) is 10.0. The zero-order valence-corrected chi connectivity index (χ0v) is 19.8. The van der Waals surface area contributed by atoms with Crippen molar-refractivity contribution < 1.29 is 20.1 Å². The Kier molecular flexibility index (Phi) is 7.08. The van der Waals surface area contributed by atoms with Gasteiger partial charge < -0.3 is 0 Å². The fourth-order valence-corrected chi connectivity index (χ4v) is 4.20. The number of hydrogen-bond acceptors (Lipinski definition) is 1. The molecule has 0 atom stereocenters. The van der Waals surface area contributed by atoms with Gasteiger partial charge in [-0.3, -0.25) is 4.98 Å². The molecule has 30 heavy (non-hydrogen) atoms. The van der Waals surface area contributed by atoms with Crippen LogP contribution in [-0.2, 0) is 20.1 Å². The normalized spacial score (nSPS) is 10.4. The minimum absolute atomic E-state index is 0. The Morgan fingerprint density at radius 2 is 1.50 bits per heavy atom. The molecule has 4 aromatic rings. The maximum absolute atomic E-state index is 6.05. The minimum atomic E-state index is -0.0252. The number of aryl methyl sites for hydroxylation is 3. The van der Waals surface area contributed by atoms with Crippen molar-refractivity contribution in [1.29, 1.82) is 0 Å². The Hall–Kier alpha value is -2.48. The van der Waals surface area contributed by atoms with Gasteiger partial charge in [-0.2, -0.15) is 29.7 Å². The smallest absolute Gasteiger partial charge is 0.241 e. The molecule has 0 N–H and O–H groups in total. The van der Waals surface area contributed by atoms with E-state index in [0.717, 1.165) is 11.1 Å². The van der Waals surface area contributed by atoms with E-state index in [0.29, 0.717) is 5.69 Å². The second-order valence-electron chi connectivity index (χ2n) is 7.63. The third kappa shape index (κ3) is 4.64. The van der Waals surface area contributed by atoms with Crippen LogP contribution in [0, 0.1) is 33.8 Å².